The van der Waals surface area contributed by atoms with E-state index in [4.69, 9.17) is 14.2 Å². The predicted molar refractivity (Wildman–Crippen MR) is 122 cm³/mol. The van der Waals surface area contributed by atoms with Gasteiger partial charge in [-0.2, -0.15) is 0 Å². The van der Waals surface area contributed by atoms with Gasteiger partial charge in [0.05, 0.1) is 19.1 Å². The van der Waals surface area contributed by atoms with Crippen LogP contribution in [0.1, 0.15) is 67.3 Å². The minimum atomic E-state index is -0.584. The van der Waals surface area contributed by atoms with Crippen molar-refractivity contribution in [3.63, 3.8) is 0 Å². The fourth-order valence-corrected chi connectivity index (χ4v) is 4.03. The number of rotatable bonds is 4. The maximum atomic E-state index is 13.2. The summed E-state index contributed by atoms with van der Waals surface area (Å²) in [5, 5.41) is 20.9. The van der Waals surface area contributed by atoms with E-state index in [-0.39, 0.29) is 29.3 Å². The molecular weight excluding hydrogens is 408 g/mol. The SMILES string of the molecule is COc1cc([C@@H]2CC(=O)c3c(O)c4c(c(CC=C(C)C)c3O2)OC(C)(C)C=C4)ccc1O. The zero-order valence-electron chi connectivity index (χ0n) is 19.0. The molecule has 0 fully saturated rings. The number of ketones is 1. The number of phenols is 2. The van der Waals surface area contributed by atoms with Gasteiger partial charge in [0.25, 0.3) is 0 Å². The monoisotopic (exact) mass is 436 g/mol. The molecule has 0 radical (unpaired) electrons. The molecule has 0 spiro atoms. The smallest absolute Gasteiger partial charge is 0.174 e. The van der Waals surface area contributed by atoms with Crippen molar-refractivity contribution < 1.29 is 29.2 Å². The van der Waals surface area contributed by atoms with Crippen molar-refractivity contribution in [2.45, 2.75) is 52.2 Å². The Balaban J connectivity index is 1.88. The number of fused-ring (bicyclic) bond motifs is 2. The Hall–Kier alpha value is -3.41. The van der Waals surface area contributed by atoms with Crippen LogP contribution in [0.5, 0.6) is 28.7 Å². The quantitative estimate of drug-likeness (QED) is 0.615. The zero-order valence-corrected chi connectivity index (χ0v) is 19.0. The van der Waals surface area contributed by atoms with Crippen LogP contribution in [0, 0.1) is 0 Å². The first-order valence-corrected chi connectivity index (χ1v) is 10.6. The first-order valence-electron chi connectivity index (χ1n) is 10.6. The summed E-state index contributed by atoms with van der Waals surface area (Å²) < 4.78 is 17.8. The summed E-state index contributed by atoms with van der Waals surface area (Å²) >= 11 is 0. The van der Waals surface area contributed by atoms with E-state index in [9.17, 15) is 15.0 Å². The molecule has 6 nitrogen and oxygen atoms in total. The van der Waals surface area contributed by atoms with Crippen LogP contribution in [-0.4, -0.2) is 28.7 Å². The Labute approximate surface area is 187 Å². The van der Waals surface area contributed by atoms with Gasteiger partial charge in [0.15, 0.2) is 17.3 Å². The second-order valence-corrected chi connectivity index (χ2v) is 8.96. The first kappa shape index (κ1) is 21.8. The Kier molecular flexibility index (Phi) is 5.41. The second-order valence-electron chi connectivity index (χ2n) is 8.96. The molecule has 2 aromatic rings. The van der Waals surface area contributed by atoms with E-state index in [0.717, 1.165) is 11.1 Å². The van der Waals surface area contributed by atoms with Gasteiger partial charge in [0.2, 0.25) is 0 Å². The largest absolute Gasteiger partial charge is 0.506 e. The number of aromatic hydroxyl groups is 2. The number of hydrogen-bond acceptors (Lipinski definition) is 6. The molecule has 1 atom stereocenters. The molecule has 2 heterocycles. The summed E-state index contributed by atoms with van der Waals surface area (Å²) in [4.78, 5) is 13.2. The van der Waals surface area contributed by atoms with Crippen LogP contribution in [0.15, 0.2) is 35.9 Å². The van der Waals surface area contributed by atoms with Crippen LogP contribution in [0.2, 0.25) is 0 Å². The zero-order chi connectivity index (χ0) is 23.2. The molecule has 2 N–H and O–H groups in total. The third kappa shape index (κ3) is 3.81. The summed E-state index contributed by atoms with van der Waals surface area (Å²) in [6, 6.07) is 4.88. The van der Waals surface area contributed by atoms with Crippen molar-refractivity contribution in [3.05, 3.63) is 58.2 Å². The molecule has 168 valence electrons. The minimum absolute atomic E-state index is 0.0113. The molecule has 0 unspecified atom stereocenters. The van der Waals surface area contributed by atoms with E-state index in [2.05, 4.69) is 0 Å². The van der Waals surface area contributed by atoms with E-state index in [1.54, 1.807) is 12.1 Å². The third-order valence-electron chi connectivity index (χ3n) is 5.73. The summed E-state index contributed by atoms with van der Waals surface area (Å²) in [5.74, 6) is 0.866. The summed E-state index contributed by atoms with van der Waals surface area (Å²) in [5.41, 5.74) is 2.68. The number of carbonyl (C=O) groups is 1. The first-order chi connectivity index (χ1) is 15.1. The molecule has 32 heavy (non-hydrogen) atoms. The van der Waals surface area contributed by atoms with Gasteiger partial charge < -0.3 is 24.4 Å². The van der Waals surface area contributed by atoms with Gasteiger partial charge in [-0.1, -0.05) is 17.7 Å². The van der Waals surface area contributed by atoms with Crippen LogP contribution >= 0.6 is 0 Å². The highest BCUT2D eigenvalue weighted by molar-refractivity contribution is 6.05. The van der Waals surface area contributed by atoms with Crippen molar-refractivity contribution >= 4 is 11.9 Å². The molecule has 0 saturated heterocycles. The van der Waals surface area contributed by atoms with E-state index < -0.39 is 11.7 Å². The molecule has 0 amide bonds. The van der Waals surface area contributed by atoms with Gasteiger partial charge in [-0.25, -0.2) is 0 Å². The lowest BCUT2D eigenvalue weighted by Crippen LogP contribution is -2.29. The number of Topliss-reactive ketones (excluding diaryl/α,β-unsaturated/α-hetero) is 1. The van der Waals surface area contributed by atoms with Crippen LogP contribution < -0.4 is 14.2 Å². The number of carbonyl (C=O) groups excluding carboxylic acids is 1. The molecule has 0 bridgehead atoms. The van der Waals surface area contributed by atoms with Gasteiger partial charge >= 0.3 is 0 Å². The molecule has 2 aliphatic rings. The highest BCUT2D eigenvalue weighted by atomic mass is 16.5. The molecular formula is C26H28O6. The number of hydrogen-bond donors (Lipinski definition) is 2. The Morgan fingerprint density at radius 1 is 1.25 bits per heavy atom. The van der Waals surface area contributed by atoms with E-state index in [1.807, 2.05) is 45.9 Å². The van der Waals surface area contributed by atoms with Crippen molar-refractivity contribution in [3.8, 4) is 28.7 Å². The topological polar surface area (TPSA) is 85.2 Å². The van der Waals surface area contributed by atoms with Crippen molar-refractivity contribution in [1.29, 1.82) is 0 Å². The summed E-state index contributed by atoms with van der Waals surface area (Å²) in [7, 11) is 1.47. The average molecular weight is 437 g/mol. The van der Waals surface area contributed by atoms with Gasteiger partial charge in [0, 0.05) is 5.56 Å². The normalized spacial score (nSPS) is 18.2. The molecule has 2 aliphatic heterocycles. The Bertz CT molecular complexity index is 1150. The summed E-state index contributed by atoms with van der Waals surface area (Å²) in [6.07, 6.45) is 5.69. The molecule has 4 rings (SSSR count). The predicted octanol–water partition coefficient (Wildman–Crippen LogP) is 5.51. The number of methoxy groups -OCH3 is 1. The van der Waals surface area contributed by atoms with Crippen molar-refractivity contribution in [2.75, 3.05) is 7.11 Å². The lowest BCUT2D eigenvalue weighted by Gasteiger charge is -2.34. The highest BCUT2D eigenvalue weighted by Crippen LogP contribution is 2.51. The number of phenolic OH excluding ortho intramolecular Hbond substituents is 2. The third-order valence-corrected chi connectivity index (χ3v) is 5.73. The van der Waals surface area contributed by atoms with Crippen LogP contribution in [0.25, 0.3) is 6.08 Å². The Morgan fingerprint density at radius 3 is 2.69 bits per heavy atom. The maximum Gasteiger partial charge on any atom is 0.174 e. The molecule has 0 aliphatic carbocycles. The highest BCUT2D eigenvalue weighted by Gasteiger charge is 2.38. The lowest BCUT2D eigenvalue weighted by atomic mass is 9.88. The second kappa shape index (κ2) is 7.93. The lowest BCUT2D eigenvalue weighted by molar-refractivity contribution is 0.0839. The Morgan fingerprint density at radius 2 is 2.00 bits per heavy atom. The molecule has 0 saturated carbocycles. The van der Waals surface area contributed by atoms with Gasteiger partial charge in [-0.15, -0.1) is 0 Å². The minimum Gasteiger partial charge on any atom is -0.506 e. The van der Waals surface area contributed by atoms with Gasteiger partial charge in [-0.3, -0.25) is 4.79 Å². The number of benzene rings is 2. The van der Waals surface area contributed by atoms with Gasteiger partial charge in [-0.05, 0) is 64.0 Å². The molecule has 0 aromatic heterocycles. The van der Waals surface area contributed by atoms with E-state index >= 15 is 0 Å². The number of ether oxygens (including phenoxy) is 3. The summed E-state index contributed by atoms with van der Waals surface area (Å²) in [6.45, 7) is 7.87. The van der Waals surface area contributed by atoms with Crippen LogP contribution in [0.4, 0.5) is 0 Å². The van der Waals surface area contributed by atoms with Crippen LogP contribution in [0.3, 0.4) is 0 Å². The average Bonchev–Trinajstić information content (AvgIpc) is 2.72. The van der Waals surface area contributed by atoms with E-state index in [0.29, 0.717) is 34.8 Å². The van der Waals surface area contributed by atoms with E-state index in [1.165, 1.54) is 13.2 Å². The fourth-order valence-electron chi connectivity index (χ4n) is 4.03. The molecule has 2 aromatic carbocycles. The van der Waals surface area contributed by atoms with Gasteiger partial charge in [0.1, 0.15) is 34.5 Å². The van der Waals surface area contributed by atoms with Crippen molar-refractivity contribution in [1.82, 2.24) is 0 Å². The van der Waals surface area contributed by atoms with Crippen LogP contribution in [-0.2, 0) is 6.42 Å². The fraction of sp³-hybridized carbons (Fsp3) is 0.346. The molecule has 6 heteroatoms. The standard InChI is InChI=1S/C26H28O6/c1-14(2)6-8-17-24-16(10-11-26(3,4)32-24)23(29)22-19(28)13-20(31-25(17)22)15-7-9-18(27)21(12-15)30-5/h6-7,9-12,20,27,29H,8,13H2,1-5H3/t20-/m0/s1. The maximum absolute atomic E-state index is 13.2. The number of allylic oxidation sites excluding steroid dienone is 2. The van der Waals surface area contributed by atoms with Crippen molar-refractivity contribution in [2.24, 2.45) is 0 Å².